The van der Waals surface area contributed by atoms with Gasteiger partial charge in [0.2, 0.25) is 5.91 Å². The Balaban J connectivity index is 1.22. The highest BCUT2D eigenvalue weighted by molar-refractivity contribution is 8.00. The van der Waals surface area contributed by atoms with E-state index in [1.807, 2.05) is 114 Å². The van der Waals surface area contributed by atoms with E-state index in [0.29, 0.717) is 29.3 Å². The monoisotopic (exact) mass is 480 g/mol. The lowest BCUT2D eigenvalue weighted by molar-refractivity contribution is -0.128. The van der Waals surface area contributed by atoms with Gasteiger partial charge in [-0.25, -0.2) is 0 Å². The van der Waals surface area contributed by atoms with E-state index in [1.165, 1.54) is 0 Å². The summed E-state index contributed by atoms with van der Waals surface area (Å²) in [6.45, 7) is 0.573. The highest BCUT2D eigenvalue weighted by atomic mass is 32.2. The van der Waals surface area contributed by atoms with Crippen LogP contribution in [0, 0.1) is 0 Å². The Labute approximate surface area is 208 Å². The third-order valence-corrected chi connectivity index (χ3v) is 6.97. The lowest BCUT2D eigenvalue weighted by Gasteiger charge is -2.24. The molecule has 1 heterocycles. The Kier molecular flexibility index (Phi) is 6.82. The number of anilines is 1. The number of hydrogen-bond donors (Lipinski definition) is 1. The third-order valence-electron chi connectivity index (χ3n) is 5.71. The summed E-state index contributed by atoms with van der Waals surface area (Å²) in [4.78, 5) is 27.2. The lowest BCUT2D eigenvalue weighted by Crippen LogP contribution is -2.27. The van der Waals surface area contributed by atoms with Gasteiger partial charge in [-0.2, -0.15) is 0 Å². The molecule has 6 heteroatoms. The fourth-order valence-corrected chi connectivity index (χ4v) is 5.10. The number of carbonyl (C=O) groups excluding carboxylic acids is 2. The van der Waals surface area contributed by atoms with Crippen LogP contribution in [0.3, 0.4) is 0 Å². The Hall–Kier alpha value is -4.03. The lowest BCUT2D eigenvalue weighted by atomic mass is 10.1. The molecule has 1 saturated heterocycles. The summed E-state index contributed by atoms with van der Waals surface area (Å²) in [6, 6.07) is 34.3. The largest absolute Gasteiger partial charge is 0.457 e. The normalized spacial score (nSPS) is 15.1. The Bertz CT molecular complexity index is 1290. The van der Waals surface area contributed by atoms with Crippen LogP contribution >= 0.6 is 11.8 Å². The van der Waals surface area contributed by atoms with Gasteiger partial charge in [-0.15, -0.1) is 11.8 Å². The predicted octanol–water partition coefficient (Wildman–Crippen LogP) is 6.51. The fourth-order valence-electron chi connectivity index (χ4n) is 3.91. The zero-order chi connectivity index (χ0) is 24.0. The molecule has 0 unspecified atom stereocenters. The zero-order valence-corrected chi connectivity index (χ0v) is 19.8. The zero-order valence-electron chi connectivity index (χ0n) is 19.0. The molecule has 1 N–H and O–H groups in total. The van der Waals surface area contributed by atoms with Gasteiger partial charge in [0, 0.05) is 17.8 Å². The second-order valence-electron chi connectivity index (χ2n) is 8.19. The summed E-state index contributed by atoms with van der Waals surface area (Å²) in [5.74, 6) is 1.86. The molecule has 5 rings (SSSR count). The van der Waals surface area contributed by atoms with E-state index in [-0.39, 0.29) is 17.2 Å². The number of para-hydroxylation sites is 1. The van der Waals surface area contributed by atoms with Crippen LogP contribution in [-0.4, -0.2) is 22.5 Å². The number of rotatable bonds is 7. The molecule has 0 spiro atoms. The van der Waals surface area contributed by atoms with E-state index in [9.17, 15) is 9.59 Å². The first-order chi connectivity index (χ1) is 17.2. The average Bonchev–Trinajstić information content (AvgIpc) is 3.26. The quantitative estimate of drug-likeness (QED) is 0.328. The number of nitrogens with one attached hydrogen (secondary N) is 1. The maximum Gasteiger partial charge on any atom is 0.255 e. The molecular formula is C29H24N2O3S. The van der Waals surface area contributed by atoms with Crippen LogP contribution in [0.5, 0.6) is 11.5 Å². The molecule has 0 bridgehead atoms. The molecule has 0 radical (unpaired) electrons. The van der Waals surface area contributed by atoms with Crippen molar-refractivity contribution in [2.24, 2.45) is 0 Å². The summed E-state index contributed by atoms with van der Waals surface area (Å²) in [7, 11) is 0. The van der Waals surface area contributed by atoms with Gasteiger partial charge in [-0.3, -0.25) is 9.59 Å². The summed E-state index contributed by atoms with van der Waals surface area (Å²) < 4.78 is 5.80. The molecule has 5 nitrogen and oxygen atoms in total. The van der Waals surface area contributed by atoms with Crippen LogP contribution < -0.4 is 10.1 Å². The van der Waals surface area contributed by atoms with Crippen LogP contribution in [0.1, 0.15) is 26.9 Å². The molecule has 0 saturated carbocycles. The maximum absolute atomic E-state index is 12.8. The maximum atomic E-state index is 12.8. The standard InChI is InChI=1S/C29H24N2O3S/c32-27-20-35-29(31(27)19-21-7-3-1-4-8-21)23-13-11-22(12-14-23)28(33)30-24-15-17-26(18-16-24)34-25-9-5-2-6-10-25/h1-18,29H,19-20H2,(H,30,33)/t29-/m0/s1. The second kappa shape index (κ2) is 10.5. The highest BCUT2D eigenvalue weighted by Gasteiger charge is 2.32. The fraction of sp³-hybridized carbons (Fsp3) is 0.103. The molecular weight excluding hydrogens is 456 g/mol. The van der Waals surface area contributed by atoms with Crippen molar-refractivity contribution in [3.63, 3.8) is 0 Å². The van der Waals surface area contributed by atoms with E-state index in [4.69, 9.17) is 4.74 Å². The predicted molar refractivity (Wildman–Crippen MR) is 140 cm³/mol. The van der Waals surface area contributed by atoms with Crippen LogP contribution in [0.2, 0.25) is 0 Å². The molecule has 1 aliphatic rings. The van der Waals surface area contributed by atoms with Crippen molar-refractivity contribution >= 4 is 29.3 Å². The summed E-state index contributed by atoms with van der Waals surface area (Å²) >= 11 is 1.61. The van der Waals surface area contributed by atoms with Gasteiger partial charge in [0.15, 0.2) is 0 Å². The van der Waals surface area contributed by atoms with Crippen molar-refractivity contribution in [1.82, 2.24) is 4.90 Å². The number of nitrogens with zero attached hydrogens (tertiary/aromatic N) is 1. The molecule has 174 valence electrons. The molecule has 0 aromatic heterocycles. The number of benzene rings is 4. The number of thioether (sulfide) groups is 1. The van der Waals surface area contributed by atoms with Gasteiger partial charge >= 0.3 is 0 Å². The Morgan fingerprint density at radius 3 is 2.14 bits per heavy atom. The van der Waals surface area contributed by atoms with Crippen molar-refractivity contribution in [1.29, 1.82) is 0 Å². The number of carbonyl (C=O) groups is 2. The number of amides is 2. The van der Waals surface area contributed by atoms with Gasteiger partial charge in [0.1, 0.15) is 16.9 Å². The van der Waals surface area contributed by atoms with Crippen LogP contribution in [0.4, 0.5) is 5.69 Å². The van der Waals surface area contributed by atoms with Crippen LogP contribution in [0.25, 0.3) is 0 Å². The minimum Gasteiger partial charge on any atom is -0.457 e. The molecule has 2 amide bonds. The molecule has 1 atom stereocenters. The van der Waals surface area contributed by atoms with E-state index in [2.05, 4.69) is 5.32 Å². The topological polar surface area (TPSA) is 58.6 Å². The van der Waals surface area contributed by atoms with Gasteiger partial charge in [-0.1, -0.05) is 60.7 Å². The summed E-state index contributed by atoms with van der Waals surface area (Å²) in [6.07, 6.45) is 0. The molecule has 35 heavy (non-hydrogen) atoms. The second-order valence-corrected chi connectivity index (χ2v) is 9.25. The Morgan fingerprint density at radius 1 is 0.829 bits per heavy atom. The van der Waals surface area contributed by atoms with E-state index < -0.39 is 0 Å². The first kappa shape index (κ1) is 22.7. The molecule has 4 aromatic carbocycles. The molecule has 1 fully saturated rings. The highest BCUT2D eigenvalue weighted by Crippen LogP contribution is 2.39. The van der Waals surface area contributed by atoms with Crippen molar-refractivity contribution in [3.8, 4) is 11.5 Å². The summed E-state index contributed by atoms with van der Waals surface area (Å²) in [5.41, 5.74) is 3.35. The summed E-state index contributed by atoms with van der Waals surface area (Å²) in [5, 5.41) is 2.86. The van der Waals surface area contributed by atoms with Gasteiger partial charge in [0.25, 0.3) is 5.91 Å². The van der Waals surface area contributed by atoms with Crippen molar-refractivity contribution in [3.05, 3.63) is 126 Å². The van der Waals surface area contributed by atoms with E-state index in [0.717, 1.165) is 16.9 Å². The number of hydrogen-bond acceptors (Lipinski definition) is 4. The molecule has 0 aliphatic carbocycles. The van der Waals surface area contributed by atoms with Crippen LogP contribution in [0.15, 0.2) is 109 Å². The van der Waals surface area contributed by atoms with Gasteiger partial charge < -0.3 is 15.0 Å². The minimum atomic E-state index is -0.190. The van der Waals surface area contributed by atoms with E-state index >= 15 is 0 Å². The minimum absolute atomic E-state index is 0.0584. The SMILES string of the molecule is O=C(Nc1ccc(Oc2ccccc2)cc1)c1ccc([C@@H]2SCC(=O)N2Cc2ccccc2)cc1. The average molecular weight is 481 g/mol. The third kappa shape index (κ3) is 5.55. The Morgan fingerprint density at radius 2 is 1.46 bits per heavy atom. The van der Waals surface area contributed by atoms with Crippen molar-refractivity contribution in [2.45, 2.75) is 11.9 Å². The van der Waals surface area contributed by atoms with Gasteiger partial charge in [0.05, 0.1) is 5.75 Å². The molecule has 1 aliphatic heterocycles. The molecule has 4 aromatic rings. The first-order valence-corrected chi connectivity index (χ1v) is 12.4. The van der Waals surface area contributed by atoms with Crippen LogP contribution in [-0.2, 0) is 11.3 Å². The van der Waals surface area contributed by atoms with Crippen molar-refractivity contribution in [2.75, 3.05) is 11.1 Å². The van der Waals surface area contributed by atoms with Gasteiger partial charge in [-0.05, 0) is 59.7 Å². The van der Waals surface area contributed by atoms with E-state index in [1.54, 1.807) is 11.8 Å². The smallest absolute Gasteiger partial charge is 0.255 e. The number of ether oxygens (including phenoxy) is 1. The first-order valence-electron chi connectivity index (χ1n) is 11.3. The van der Waals surface area contributed by atoms with Crippen molar-refractivity contribution < 1.29 is 14.3 Å².